The van der Waals surface area contributed by atoms with E-state index in [9.17, 15) is 4.79 Å². The van der Waals surface area contributed by atoms with Gasteiger partial charge >= 0.3 is 5.97 Å². The second kappa shape index (κ2) is 14.8. The Hall–Kier alpha value is -1.73. The van der Waals surface area contributed by atoms with Gasteiger partial charge in [-0.05, 0) is 5.56 Å². The number of benzene rings is 1. The summed E-state index contributed by atoms with van der Waals surface area (Å²) in [7, 11) is 0. The lowest BCUT2D eigenvalue weighted by molar-refractivity contribution is -0.139. The quantitative estimate of drug-likeness (QED) is 0.277. The van der Waals surface area contributed by atoms with Gasteiger partial charge in [0.05, 0.1) is 52.9 Å². The summed E-state index contributed by atoms with van der Waals surface area (Å²) in [6, 6.07) is 10.0. The Morgan fingerprint density at radius 3 is 1.83 bits per heavy atom. The van der Waals surface area contributed by atoms with Crippen LogP contribution in [-0.2, 0) is 35.1 Å². The average molecular weight is 338 g/mol. The van der Waals surface area contributed by atoms with Crippen molar-refractivity contribution in [2.45, 2.75) is 6.61 Å². The number of carbonyl (C=O) groups is 1. The molecule has 0 spiro atoms. The predicted molar refractivity (Wildman–Crippen MR) is 89.7 cm³/mol. The molecule has 0 aliphatic rings. The minimum Gasteiger partial charge on any atom is -0.460 e. The molecule has 0 saturated heterocycles. The largest absolute Gasteiger partial charge is 0.460 e. The highest BCUT2D eigenvalue weighted by Crippen LogP contribution is 1.99. The molecule has 0 N–H and O–H groups in total. The molecule has 1 aromatic carbocycles. The SMILES string of the molecule is C=CC(=O)OCCOCCOCCOCCOCc1ccccc1. The van der Waals surface area contributed by atoms with Crippen molar-refractivity contribution >= 4 is 5.97 Å². The van der Waals surface area contributed by atoms with Crippen molar-refractivity contribution in [2.75, 3.05) is 52.9 Å². The molecule has 0 aromatic heterocycles. The molecule has 134 valence electrons. The highest BCUT2D eigenvalue weighted by molar-refractivity contribution is 5.81. The molecule has 0 aliphatic carbocycles. The minimum atomic E-state index is -0.445. The third kappa shape index (κ3) is 11.8. The third-order valence-corrected chi connectivity index (χ3v) is 2.87. The maximum absolute atomic E-state index is 10.7. The van der Waals surface area contributed by atoms with Gasteiger partial charge in [0.15, 0.2) is 0 Å². The molecular weight excluding hydrogens is 312 g/mol. The summed E-state index contributed by atoms with van der Waals surface area (Å²) < 4.78 is 26.2. The number of ether oxygens (including phenoxy) is 5. The Kier molecular flexibility index (Phi) is 12.6. The van der Waals surface area contributed by atoms with Crippen LogP contribution >= 0.6 is 0 Å². The van der Waals surface area contributed by atoms with Crippen molar-refractivity contribution in [3.05, 3.63) is 48.6 Å². The van der Waals surface area contributed by atoms with Crippen LogP contribution in [0.4, 0.5) is 0 Å². The molecule has 0 aliphatic heterocycles. The zero-order valence-corrected chi connectivity index (χ0v) is 14.0. The van der Waals surface area contributed by atoms with E-state index in [2.05, 4.69) is 6.58 Å². The first-order valence-electron chi connectivity index (χ1n) is 7.97. The monoisotopic (exact) mass is 338 g/mol. The first-order valence-corrected chi connectivity index (χ1v) is 7.97. The van der Waals surface area contributed by atoms with Gasteiger partial charge in [0, 0.05) is 6.08 Å². The lowest BCUT2D eigenvalue weighted by atomic mass is 10.2. The lowest BCUT2D eigenvalue weighted by Gasteiger charge is -2.07. The van der Waals surface area contributed by atoms with Crippen LogP contribution in [0.25, 0.3) is 0 Å². The van der Waals surface area contributed by atoms with Crippen LogP contribution in [0.3, 0.4) is 0 Å². The minimum absolute atomic E-state index is 0.219. The normalized spacial score (nSPS) is 10.5. The van der Waals surface area contributed by atoms with E-state index in [1.165, 1.54) is 0 Å². The van der Waals surface area contributed by atoms with Crippen molar-refractivity contribution < 1.29 is 28.5 Å². The number of esters is 1. The van der Waals surface area contributed by atoms with Crippen molar-refractivity contribution in [1.82, 2.24) is 0 Å². The van der Waals surface area contributed by atoms with Gasteiger partial charge in [0.1, 0.15) is 6.61 Å². The van der Waals surface area contributed by atoms with E-state index >= 15 is 0 Å². The van der Waals surface area contributed by atoms with Crippen LogP contribution in [0.5, 0.6) is 0 Å². The second-order valence-electron chi connectivity index (χ2n) is 4.75. The fraction of sp³-hybridized carbons (Fsp3) is 0.500. The van der Waals surface area contributed by atoms with Crippen molar-refractivity contribution in [3.8, 4) is 0 Å². The Labute approximate surface area is 143 Å². The van der Waals surface area contributed by atoms with E-state index in [0.29, 0.717) is 52.9 Å². The van der Waals surface area contributed by atoms with Crippen molar-refractivity contribution in [3.63, 3.8) is 0 Å². The molecule has 0 amide bonds. The Morgan fingerprint density at radius 2 is 1.29 bits per heavy atom. The summed E-state index contributed by atoms with van der Waals surface area (Å²) in [5.41, 5.74) is 1.15. The van der Waals surface area contributed by atoms with E-state index in [1.54, 1.807) is 0 Å². The maximum atomic E-state index is 10.7. The lowest BCUT2D eigenvalue weighted by Crippen LogP contribution is -2.14. The Morgan fingerprint density at radius 1 is 0.792 bits per heavy atom. The molecule has 24 heavy (non-hydrogen) atoms. The molecular formula is C18H26O6. The van der Waals surface area contributed by atoms with Crippen LogP contribution in [0.15, 0.2) is 43.0 Å². The summed E-state index contributed by atoms with van der Waals surface area (Å²) in [6.07, 6.45) is 1.12. The summed E-state index contributed by atoms with van der Waals surface area (Å²) in [4.78, 5) is 10.7. The molecule has 1 rings (SSSR count). The molecule has 6 heteroatoms. The van der Waals surface area contributed by atoms with Crippen LogP contribution in [0.1, 0.15) is 5.56 Å². The first kappa shape index (κ1) is 20.3. The Bertz CT molecular complexity index is 434. The fourth-order valence-electron chi connectivity index (χ4n) is 1.68. The standard InChI is InChI=1S/C18H26O6/c1-2-18(19)24-15-14-22-11-10-20-8-9-21-12-13-23-16-17-6-4-3-5-7-17/h2-7H,1,8-16H2. The van der Waals surface area contributed by atoms with Crippen molar-refractivity contribution in [1.29, 1.82) is 0 Å². The molecule has 0 fully saturated rings. The number of hydrogen-bond acceptors (Lipinski definition) is 6. The number of hydrogen-bond donors (Lipinski definition) is 0. The third-order valence-electron chi connectivity index (χ3n) is 2.87. The number of rotatable bonds is 15. The van der Waals surface area contributed by atoms with Crippen LogP contribution in [-0.4, -0.2) is 58.8 Å². The zero-order valence-electron chi connectivity index (χ0n) is 14.0. The van der Waals surface area contributed by atoms with Gasteiger partial charge in [0.25, 0.3) is 0 Å². The van der Waals surface area contributed by atoms with Gasteiger partial charge in [-0.2, -0.15) is 0 Å². The van der Waals surface area contributed by atoms with Crippen LogP contribution < -0.4 is 0 Å². The van der Waals surface area contributed by atoms with E-state index in [-0.39, 0.29) is 6.61 Å². The topological polar surface area (TPSA) is 63.2 Å². The zero-order chi connectivity index (χ0) is 17.3. The van der Waals surface area contributed by atoms with Gasteiger partial charge in [-0.15, -0.1) is 0 Å². The van der Waals surface area contributed by atoms with Gasteiger partial charge in [-0.1, -0.05) is 36.9 Å². The van der Waals surface area contributed by atoms with Crippen LogP contribution in [0, 0.1) is 0 Å². The molecule has 0 bridgehead atoms. The van der Waals surface area contributed by atoms with E-state index in [1.807, 2.05) is 30.3 Å². The van der Waals surface area contributed by atoms with Gasteiger partial charge in [0.2, 0.25) is 0 Å². The van der Waals surface area contributed by atoms with Gasteiger partial charge < -0.3 is 23.7 Å². The Balaban J connectivity index is 1.75. The van der Waals surface area contributed by atoms with Crippen LogP contribution in [0.2, 0.25) is 0 Å². The van der Waals surface area contributed by atoms with Gasteiger partial charge in [-0.3, -0.25) is 0 Å². The van der Waals surface area contributed by atoms with Gasteiger partial charge in [-0.25, -0.2) is 4.79 Å². The maximum Gasteiger partial charge on any atom is 0.330 e. The molecule has 0 heterocycles. The molecule has 0 unspecified atom stereocenters. The summed E-state index contributed by atoms with van der Waals surface area (Å²) in [6.45, 7) is 7.51. The summed E-state index contributed by atoms with van der Waals surface area (Å²) in [5.74, 6) is -0.445. The highest BCUT2D eigenvalue weighted by atomic mass is 16.6. The molecule has 0 atom stereocenters. The predicted octanol–water partition coefficient (Wildman–Crippen LogP) is 1.98. The molecule has 1 aromatic rings. The summed E-state index contributed by atoms with van der Waals surface area (Å²) in [5, 5.41) is 0. The van der Waals surface area contributed by atoms with E-state index < -0.39 is 5.97 Å². The average Bonchev–Trinajstić information content (AvgIpc) is 2.62. The second-order valence-corrected chi connectivity index (χ2v) is 4.75. The highest BCUT2D eigenvalue weighted by Gasteiger charge is 1.96. The molecule has 0 radical (unpaired) electrons. The van der Waals surface area contributed by atoms with E-state index in [4.69, 9.17) is 23.7 Å². The first-order chi connectivity index (χ1) is 11.8. The number of carbonyl (C=O) groups excluding carboxylic acids is 1. The van der Waals surface area contributed by atoms with Crippen molar-refractivity contribution in [2.24, 2.45) is 0 Å². The fourth-order valence-corrected chi connectivity index (χ4v) is 1.68. The van der Waals surface area contributed by atoms with E-state index in [0.717, 1.165) is 11.6 Å². The summed E-state index contributed by atoms with van der Waals surface area (Å²) >= 11 is 0. The smallest absolute Gasteiger partial charge is 0.330 e. The molecule has 6 nitrogen and oxygen atoms in total. The molecule has 0 saturated carbocycles.